The van der Waals surface area contributed by atoms with Crippen LogP contribution in [0.5, 0.6) is 0 Å². The third-order valence-corrected chi connectivity index (χ3v) is 6.74. The van der Waals surface area contributed by atoms with Crippen molar-refractivity contribution in [3.8, 4) is 0 Å². The van der Waals surface area contributed by atoms with Crippen molar-refractivity contribution >= 4 is 5.97 Å². The van der Waals surface area contributed by atoms with E-state index < -0.39 is 35.6 Å². The van der Waals surface area contributed by atoms with Crippen molar-refractivity contribution in [1.29, 1.82) is 0 Å². The summed E-state index contributed by atoms with van der Waals surface area (Å²) < 4.78 is 11.7. The largest absolute Gasteiger partial charge is 0.432 e. The number of carbonyl (C=O) groups is 1. The Bertz CT molecular complexity index is 598. The second-order valence-corrected chi connectivity index (χ2v) is 8.32. The van der Waals surface area contributed by atoms with Gasteiger partial charge in [-0.3, -0.25) is 14.9 Å². The van der Waals surface area contributed by atoms with Crippen LogP contribution in [0.4, 0.5) is 0 Å². The summed E-state index contributed by atoms with van der Waals surface area (Å²) in [5.41, 5.74) is -0.859. The summed E-state index contributed by atoms with van der Waals surface area (Å²) in [6, 6.07) is -0.815. The van der Waals surface area contributed by atoms with E-state index in [4.69, 9.17) is 19.2 Å². The normalized spacial score (nSPS) is 49.7. The van der Waals surface area contributed by atoms with Crippen LogP contribution in [0.15, 0.2) is 0 Å². The molecule has 5 fully saturated rings. The number of rotatable bonds is 3. The third-order valence-electron chi connectivity index (χ3n) is 6.74. The number of carbonyl (C=O) groups excluding carboxylic acids is 1. The SMILES string of the molecule is CC(C[C@H]1C(=O)O[C@@H]2O[C@]3(C)CC[C@H]4[C@H](C)CC[C@@H]1[C@@]24OO3)[N+](=O)[O-]. The van der Waals surface area contributed by atoms with Crippen LogP contribution in [-0.4, -0.2) is 34.6 Å². The van der Waals surface area contributed by atoms with Crippen molar-refractivity contribution < 1.29 is 29.0 Å². The molecule has 0 N–H and O–H groups in total. The predicted octanol–water partition coefficient (Wildman–Crippen LogP) is 2.43. The minimum Gasteiger partial charge on any atom is -0.432 e. The summed E-state index contributed by atoms with van der Waals surface area (Å²) in [6.45, 7) is 5.51. The topological polar surface area (TPSA) is 97.1 Å². The van der Waals surface area contributed by atoms with E-state index in [-0.39, 0.29) is 23.2 Å². The van der Waals surface area contributed by atoms with E-state index in [2.05, 4.69) is 6.92 Å². The highest BCUT2D eigenvalue weighted by molar-refractivity contribution is 5.74. The summed E-state index contributed by atoms with van der Waals surface area (Å²) in [7, 11) is 0. The Morgan fingerprint density at radius 1 is 1.28 bits per heavy atom. The molecule has 0 aromatic rings. The number of nitro groups is 1. The van der Waals surface area contributed by atoms with Gasteiger partial charge in [0, 0.05) is 36.5 Å². The van der Waals surface area contributed by atoms with Gasteiger partial charge < -0.3 is 9.47 Å². The number of nitrogens with zero attached hydrogens (tertiary/aromatic N) is 1. The molecule has 8 nitrogen and oxygen atoms in total. The van der Waals surface area contributed by atoms with Gasteiger partial charge >= 0.3 is 5.97 Å². The van der Waals surface area contributed by atoms with Crippen LogP contribution in [0, 0.1) is 33.8 Å². The van der Waals surface area contributed by atoms with Crippen LogP contribution in [0.1, 0.15) is 52.9 Å². The van der Waals surface area contributed by atoms with Crippen LogP contribution in [0.2, 0.25) is 0 Å². The molecule has 0 aromatic carbocycles. The van der Waals surface area contributed by atoms with Crippen molar-refractivity contribution in [2.45, 2.75) is 76.6 Å². The zero-order valence-electron chi connectivity index (χ0n) is 14.8. The van der Waals surface area contributed by atoms with Gasteiger partial charge in [-0.1, -0.05) is 6.92 Å². The first-order valence-electron chi connectivity index (χ1n) is 9.15. The minimum absolute atomic E-state index is 0.141. The highest BCUT2D eigenvalue weighted by atomic mass is 17.3. The molecule has 140 valence electrons. The molecule has 1 saturated carbocycles. The summed E-state index contributed by atoms with van der Waals surface area (Å²) in [5.74, 6) is -1.56. The van der Waals surface area contributed by atoms with Gasteiger partial charge in [-0.05, 0) is 32.1 Å². The van der Waals surface area contributed by atoms with Gasteiger partial charge in [0.2, 0.25) is 18.1 Å². The molecule has 0 aromatic heterocycles. The molecule has 4 heterocycles. The third kappa shape index (κ3) is 2.41. The number of hydrogen-bond acceptors (Lipinski definition) is 7. The Balaban J connectivity index is 1.73. The van der Waals surface area contributed by atoms with E-state index >= 15 is 0 Å². The van der Waals surface area contributed by atoms with Crippen molar-refractivity contribution in [2.75, 3.05) is 0 Å². The molecule has 1 spiro atoms. The smallest absolute Gasteiger partial charge is 0.312 e. The van der Waals surface area contributed by atoms with Crippen LogP contribution < -0.4 is 0 Å². The maximum atomic E-state index is 12.7. The molecule has 1 aliphatic carbocycles. The molecule has 25 heavy (non-hydrogen) atoms. The lowest BCUT2D eigenvalue weighted by molar-refractivity contribution is -0.561. The second kappa shape index (κ2) is 5.62. The van der Waals surface area contributed by atoms with Gasteiger partial charge in [0.1, 0.15) is 0 Å². The summed E-state index contributed by atoms with van der Waals surface area (Å²) in [4.78, 5) is 35.0. The molecule has 0 amide bonds. The highest BCUT2D eigenvalue weighted by Crippen LogP contribution is 2.60. The fraction of sp³-hybridized carbons (Fsp3) is 0.941. The quantitative estimate of drug-likeness (QED) is 0.332. The number of ether oxygens (including phenoxy) is 2. The number of fused-ring (bicyclic) bond motifs is 2. The van der Waals surface area contributed by atoms with Gasteiger partial charge in [0.15, 0.2) is 5.60 Å². The Kier molecular flexibility index (Phi) is 3.86. The van der Waals surface area contributed by atoms with Crippen LogP contribution in [0.25, 0.3) is 0 Å². The van der Waals surface area contributed by atoms with Crippen molar-refractivity contribution in [1.82, 2.24) is 0 Å². The minimum atomic E-state index is -0.918. The second-order valence-electron chi connectivity index (χ2n) is 8.32. The van der Waals surface area contributed by atoms with E-state index in [1.807, 2.05) is 0 Å². The van der Waals surface area contributed by atoms with E-state index in [1.54, 1.807) is 6.92 Å². The summed E-state index contributed by atoms with van der Waals surface area (Å²) in [6.07, 6.45) is 2.58. The van der Waals surface area contributed by atoms with Gasteiger partial charge in [-0.25, -0.2) is 9.78 Å². The highest BCUT2D eigenvalue weighted by Gasteiger charge is 2.70. The lowest BCUT2D eigenvalue weighted by atomic mass is 9.57. The monoisotopic (exact) mass is 355 g/mol. The van der Waals surface area contributed by atoms with Gasteiger partial charge in [0.25, 0.3) is 0 Å². The van der Waals surface area contributed by atoms with Crippen molar-refractivity contribution in [3.05, 3.63) is 10.1 Å². The summed E-state index contributed by atoms with van der Waals surface area (Å²) >= 11 is 0. The predicted molar refractivity (Wildman–Crippen MR) is 83.4 cm³/mol. The number of hydrogen-bond donors (Lipinski definition) is 0. The average molecular weight is 355 g/mol. The zero-order valence-corrected chi connectivity index (χ0v) is 14.8. The van der Waals surface area contributed by atoms with E-state index in [0.29, 0.717) is 12.3 Å². The molecule has 8 heteroatoms. The molecule has 4 aliphatic heterocycles. The molecule has 1 unspecified atom stereocenters. The molecular weight excluding hydrogens is 330 g/mol. The van der Waals surface area contributed by atoms with Gasteiger partial charge in [-0.2, -0.15) is 0 Å². The first-order chi connectivity index (χ1) is 11.8. The molecule has 8 atom stereocenters. The fourth-order valence-corrected chi connectivity index (χ4v) is 5.33. The van der Waals surface area contributed by atoms with Crippen molar-refractivity contribution in [2.24, 2.45) is 23.7 Å². The van der Waals surface area contributed by atoms with Crippen molar-refractivity contribution in [3.63, 3.8) is 0 Å². The number of esters is 1. The first-order valence-corrected chi connectivity index (χ1v) is 9.15. The van der Waals surface area contributed by atoms with Gasteiger partial charge in [0.05, 0.1) is 5.92 Å². The molecule has 2 bridgehead atoms. The Morgan fingerprint density at radius 2 is 2.04 bits per heavy atom. The van der Waals surface area contributed by atoms with Gasteiger partial charge in [-0.15, -0.1) is 0 Å². The molecule has 5 aliphatic rings. The van der Waals surface area contributed by atoms with Crippen LogP contribution >= 0.6 is 0 Å². The molecule has 0 radical (unpaired) electrons. The molecule has 5 rings (SSSR count). The lowest BCUT2D eigenvalue weighted by Crippen LogP contribution is -2.70. The summed E-state index contributed by atoms with van der Waals surface area (Å²) in [5, 5.41) is 11.1. The zero-order chi connectivity index (χ0) is 18.0. The average Bonchev–Trinajstić information content (AvgIpc) is 2.78. The van der Waals surface area contributed by atoms with E-state index in [9.17, 15) is 14.9 Å². The maximum absolute atomic E-state index is 12.7. The maximum Gasteiger partial charge on any atom is 0.312 e. The van der Waals surface area contributed by atoms with E-state index in [0.717, 1.165) is 19.3 Å². The van der Waals surface area contributed by atoms with Crippen LogP contribution in [-0.2, 0) is 24.0 Å². The van der Waals surface area contributed by atoms with Crippen LogP contribution in [0.3, 0.4) is 0 Å². The van der Waals surface area contributed by atoms with E-state index in [1.165, 1.54) is 6.92 Å². The Labute approximate surface area is 146 Å². The Morgan fingerprint density at radius 3 is 2.76 bits per heavy atom. The Hall–Kier alpha value is -1.25. The first kappa shape index (κ1) is 17.2. The molecule has 4 saturated heterocycles. The fourth-order valence-electron chi connectivity index (χ4n) is 5.33. The molecular formula is C17H25NO7. The standard InChI is InChI=1S/C17H25NO7/c1-9-4-5-13-11(8-10(2)18(20)21)14(19)22-15-17(13)12(9)6-7-16(3,23-15)24-25-17/h9-13,15H,4-8H2,1-3H3/t9-,10?,11-,12+,13+,15-,16+,17-/m1/s1. The lowest BCUT2D eigenvalue weighted by Gasteiger charge is -2.58.